The van der Waals surface area contributed by atoms with Crippen LogP contribution in [0.5, 0.6) is 17.4 Å². The molecule has 0 spiro atoms. The van der Waals surface area contributed by atoms with Crippen molar-refractivity contribution in [3.8, 4) is 17.4 Å². The van der Waals surface area contributed by atoms with Crippen LogP contribution in [-0.4, -0.2) is 67.2 Å². The molecule has 8 heteroatoms. The fraction of sp³-hybridized carbons (Fsp3) is 0.370. The van der Waals surface area contributed by atoms with Gasteiger partial charge in [0.2, 0.25) is 5.91 Å². The average Bonchev–Trinajstić information content (AvgIpc) is 2.94. The highest BCUT2D eigenvalue weighted by Crippen LogP contribution is 2.32. The van der Waals surface area contributed by atoms with Gasteiger partial charge in [0.25, 0.3) is 5.88 Å². The molecule has 1 aromatic heterocycles. The van der Waals surface area contributed by atoms with Crippen LogP contribution in [0.3, 0.4) is 0 Å². The molecule has 2 saturated heterocycles. The molecule has 0 N–H and O–H groups in total. The Morgan fingerprint density at radius 3 is 2.26 bits per heavy atom. The molecule has 0 bridgehead atoms. The van der Waals surface area contributed by atoms with Gasteiger partial charge in [0.05, 0.1) is 12.8 Å². The zero-order valence-electron chi connectivity index (χ0n) is 20.0. The number of nitrogens with zero attached hydrogens (tertiary/aromatic N) is 5. The zero-order valence-corrected chi connectivity index (χ0v) is 20.0. The average molecular weight is 474 g/mol. The number of hydrogen-bond donors (Lipinski definition) is 0. The van der Waals surface area contributed by atoms with E-state index in [2.05, 4.69) is 25.8 Å². The number of piperazine rings is 1. The topological polar surface area (TPSA) is 71.0 Å². The number of carbonyl (C=O) groups excluding carboxylic acids is 1. The molecule has 0 saturated carbocycles. The molecule has 0 atom stereocenters. The molecule has 2 aliphatic heterocycles. The van der Waals surface area contributed by atoms with Gasteiger partial charge < -0.3 is 24.2 Å². The molecule has 3 heterocycles. The summed E-state index contributed by atoms with van der Waals surface area (Å²) >= 11 is 0. The maximum Gasteiger partial charge on any atom is 0.263 e. The van der Waals surface area contributed by atoms with Crippen LogP contribution < -0.4 is 19.3 Å². The lowest BCUT2D eigenvalue weighted by Gasteiger charge is -2.39. The van der Waals surface area contributed by atoms with Crippen molar-refractivity contribution in [1.82, 2.24) is 14.9 Å². The Morgan fingerprint density at radius 2 is 1.51 bits per heavy atom. The number of ether oxygens (including phenoxy) is 2. The van der Waals surface area contributed by atoms with E-state index in [9.17, 15) is 4.79 Å². The first-order valence-electron chi connectivity index (χ1n) is 12.2. The van der Waals surface area contributed by atoms with Crippen molar-refractivity contribution in [1.29, 1.82) is 0 Å². The van der Waals surface area contributed by atoms with Gasteiger partial charge in [-0.05, 0) is 37.1 Å². The fourth-order valence-corrected chi connectivity index (χ4v) is 4.86. The molecule has 0 unspecified atom stereocenters. The second-order valence-corrected chi connectivity index (χ2v) is 8.85. The summed E-state index contributed by atoms with van der Waals surface area (Å²) in [6, 6.07) is 17.7. The third-order valence-corrected chi connectivity index (χ3v) is 6.77. The van der Waals surface area contributed by atoms with Crippen LogP contribution in [0.4, 0.5) is 11.5 Å². The summed E-state index contributed by atoms with van der Waals surface area (Å²) in [5.74, 6) is 3.14. The van der Waals surface area contributed by atoms with Crippen molar-refractivity contribution in [3.63, 3.8) is 0 Å². The highest BCUT2D eigenvalue weighted by molar-refractivity contribution is 5.79. The number of anilines is 2. The molecule has 0 aliphatic carbocycles. The summed E-state index contributed by atoms with van der Waals surface area (Å²) in [6.07, 6.45) is 4.92. The minimum atomic E-state index is 0.0409. The van der Waals surface area contributed by atoms with Crippen LogP contribution in [0.25, 0.3) is 0 Å². The van der Waals surface area contributed by atoms with Crippen LogP contribution in [-0.2, 0) is 4.79 Å². The highest BCUT2D eigenvalue weighted by Gasteiger charge is 2.32. The molecular weight excluding hydrogens is 442 g/mol. The van der Waals surface area contributed by atoms with Crippen molar-refractivity contribution in [2.75, 3.05) is 56.2 Å². The Kier molecular flexibility index (Phi) is 6.97. The first kappa shape index (κ1) is 23.0. The van der Waals surface area contributed by atoms with Gasteiger partial charge in [-0.1, -0.05) is 30.3 Å². The van der Waals surface area contributed by atoms with Crippen LogP contribution in [0.1, 0.15) is 12.8 Å². The number of piperidine rings is 1. The van der Waals surface area contributed by atoms with E-state index in [1.54, 1.807) is 19.5 Å². The van der Waals surface area contributed by atoms with Crippen LogP contribution in [0.2, 0.25) is 0 Å². The maximum absolute atomic E-state index is 13.3. The van der Waals surface area contributed by atoms with E-state index in [4.69, 9.17) is 9.47 Å². The predicted octanol–water partition coefficient (Wildman–Crippen LogP) is 3.84. The van der Waals surface area contributed by atoms with Crippen molar-refractivity contribution in [2.24, 2.45) is 5.92 Å². The molecular formula is C27H31N5O3. The molecule has 5 rings (SSSR count). The van der Waals surface area contributed by atoms with Crippen molar-refractivity contribution < 1.29 is 14.3 Å². The van der Waals surface area contributed by atoms with Gasteiger partial charge in [0, 0.05) is 57.6 Å². The Hall–Kier alpha value is -3.81. The molecule has 3 aromatic rings. The highest BCUT2D eigenvalue weighted by atomic mass is 16.5. The van der Waals surface area contributed by atoms with Gasteiger partial charge in [-0.3, -0.25) is 4.79 Å². The number of benzene rings is 2. The summed E-state index contributed by atoms with van der Waals surface area (Å²) in [4.78, 5) is 28.7. The number of hydrogen-bond acceptors (Lipinski definition) is 7. The lowest BCUT2D eigenvalue weighted by Crippen LogP contribution is -2.51. The van der Waals surface area contributed by atoms with Crippen molar-refractivity contribution >= 4 is 17.4 Å². The Bertz CT molecular complexity index is 1130. The number of rotatable bonds is 6. The normalized spacial score (nSPS) is 16.8. The number of aromatic nitrogens is 2. The summed E-state index contributed by atoms with van der Waals surface area (Å²) in [5, 5.41) is 0. The van der Waals surface area contributed by atoms with Crippen LogP contribution >= 0.6 is 0 Å². The number of carbonyl (C=O) groups is 1. The fourth-order valence-electron chi connectivity index (χ4n) is 4.86. The smallest absolute Gasteiger partial charge is 0.263 e. The third-order valence-electron chi connectivity index (χ3n) is 6.77. The second kappa shape index (κ2) is 10.6. The number of methoxy groups -OCH3 is 1. The molecule has 2 aromatic carbocycles. The Labute approximate surface area is 206 Å². The SMILES string of the molecule is COc1ccccc1N1CCN(C(=O)C2CCN(c3nccnc3Oc3ccccc3)CC2)CC1. The van der Waals surface area contributed by atoms with Gasteiger partial charge >= 0.3 is 0 Å². The molecule has 1 amide bonds. The maximum atomic E-state index is 13.3. The first-order chi connectivity index (χ1) is 17.2. The van der Waals surface area contributed by atoms with Crippen molar-refractivity contribution in [2.45, 2.75) is 12.8 Å². The van der Waals surface area contributed by atoms with E-state index in [-0.39, 0.29) is 11.8 Å². The summed E-state index contributed by atoms with van der Waals surface area (Å²) in [7, 11) is 1.70. The monoisotopic (exact) mass is 473 g/mol. The first-order valence-corrected chi connectivity index (χ1v) is 12.2. The van der Waals surface area contributed by atoms with E-state index >= 15 is 0 Å². The van der Waals surface area contributed by atoms with Gasteiger partial charge in [0.15, 0.2) is 5.82 Å². The minimum absolute atomic E-state index is 0.0409. The summed E-state index contributed by atoms with van der Waals surface area (Å²) < 4.78 is 11.5. The van der Waals surface area contributed by atoms with Gasteiger partial charge in [-0.15, -0.1) is 0 Å². The molecule has 0 radical (unpaired) electrons. The van der Waals surface area contributed by atoms with E-state index < -0.39 is 0 Å². The molecule has 35 heavy (non-hydrogen) atoms. The quantitative estimate of drug-likeness (QED) is 0.539. The van der Waals surface area contributed by atoms with E-state index in [1.165, 1.54) is 0 Å². The standard InChI is InChI=1S/C27H31N5O3/c1-34-24-10-6-5-9-23(24)30-17-19-32(20-18-30)27(33)21-11-15-31(16-12-21)25-26(29-14-13-28-25)35-22-7-3-2-4-8-22/h2-10,13-14,21H,11-12,15-20H2,1H3. The number of amides is 1. The third kappa shape index (κ3) is 5.16. The minimum Gasteiger partial charge on any atom is -0.495 e. The summed E-state index contributed by atoms with van der Waals surface area (Å²) in [5.41, 5.74) is 1.09. The largest absolute Gasteiger partial charge is 0.495 e. The predicted molar refractivity (Wildman–Crippen MR) is 135 cm³/mol. The molecule has 182 valence electrons. The molecule has 2 fully saturated rings. The summed E-state index contributed by atoms with van der Waals surface area (Å²) in [6.45, 7) is 4.59. The molecule has 8 nitrogen and oxygen atoms in total. The van der Waals surface area contributed by atoms with E-state index in [0.29, 0.717) is 5.88 Å². The second-order valence-electron chi connectivity index (χ2n) is 8.85. The van der Waals surface area contributed by atoms with Crippen LogP contribution in [0, 0.1) is 5.92 Å². The Balaban J connectivity index is 1.16. The Morgan fingerprint density at radius 1 is 0.829 bits per heavy atom. The number of para-hydroxylation sites is 3. The van der Waals surface area contributed by atoms with Gasteiger partial charge in [-0.25, -0.2) is 9.97 Å². The van der Waals surface area contributed by atoms with Crippen LogP contribution in [0.15, 0.2) is 67.0 Å². The lowest BCUT2D eigenvalue weighted by molar-refractivity contribution is -0.136. The van der Waals surface area contributed by atoms with E-state index in [1.807, 2.05) is 53.4 Å². The van der Waals surface area contributed by atoms with Gasteiger partial charge in [0.1, 0.15) is 11.5 Å². The lowest BCUT2D eigenvalue weighted by atomic mass is 9.95. The van der Waals surface area contributed by atoms with E-state index in [0.717, 1.165) is 75.1 Å². The van der Waals surface area contributed by atoms with Crippen molar-refractivity contribution in [3.05, 3.63) is 67.0 Å². The van der Waals surface area contributed by atoms with Gasteiger partial charge in [-0.2, -0.15) is 0 Å². The zero-order chi connectivity index (χ0) is 24.0. The molecule has 2 aliphatic rings.